The molecule has 3 fully saturated rings. The van der Waals surface area contributed by atoms with E-state index < -0.39 is 0 Å². The van der Waals surface area contributed by atoms with Crippen LogP contribution in [0.5, 0.6) is 0 Å². The Labute approximate surface area is 148 Å². The molecule has 4 rings (SSSR count). The fraction of sp³-hybridized carbons (Fsp3) is 0.833. The summed E-state index contributed by atoms with van der Waals surface area (Å²) < 4.78 is 3.00. The first-order chi connectivity index (χ1) is 11.7. The normalized spacial score (nSPS) is 23.6. The van der Waals surface area contributed by atoms with Crippen LogP contribution in [-0.2, 0) is 4.79 Å². The molecule has 1 N–H and O–H groups in total. The van der Waals surface area contributed by atoms with Crippen molar-refractivity contribution in [1.82, 2.24) is 19.7 Å². The first-order valence-electron chi connectivity index (χ1n) is 9.67. The summed E-state index contributed by atoms with van der Waals surface area (Å²) in [7, 11) is 0. The number of carbonyl (C=O) groups excluding carboxylic acids is 1. The predicted molar refractivity (Wildman–Crippen MR) is 95.4 cm³/mol. The van der Waals surface area contributed by atoms with E-state index >= 15 is 0 Å². The quantitative estimate of drug-likeness (QED) is 0.838. The second-order valence-electron chi connectivity index (χ2n) is 7.85. The molecule has 132 valence electrons. The molecular weight excluding hydrogens is 320 g/mol. The van der Waals surface area contributed by atoms with Crippen molar-refractivity contribution in [3.8, 4) is 0 Å². The van der Waals surface area contributed by atoms with Crippen molar-refractivity contribution in [1.29, 1.82) is 0 Å². The standard InChI is InChI=1S/C18H28N4OS/c23-16(12-13-4-2-1-3-5-13)21-10-8-14(9-11-21)17-19-20-18(24)22(17)15-6-7-15/h13-15H,1-12H2,(H,20,24). The Bertz CT molecular complexity index is 634. The summed E-state index contributed by atoms with van der Waals surface area (Å²) in [4.78, 5) is 14.7. The van der Waals surface area contributed by atoms with Gasteiger partial charge in [-0.05, 0) is 56.7 Å². The maximum atomic E-state index is 12.6. The molecule has 1 saturated heterocycles. The number of H-pyrrole nitrogens is 1. The van der Waals surface area contributed by atoms with E-state index in [2.05, 4.69) is 19.7 Å². The van der Waals surface area contributed by atoms with E-state index in [4.69, 9.17) is 12.2 Å². The first kappa shape index (κ1) is 16.3. The van der Waals surface area contributed by atoms with Crippen molar-refractivity contribution >= 4 is 18.1 Å². The fourth-order valence-corrected chi connectivity index (χ4v) is 4.73. The highest BCUT2D eigenvalue weighted by Gasteiger charge is 2.33. The highest BCUT2D eigenvalue weighted by Crippen LogP contribution is 2.39. The molecule has 0 spiro atoms. The van der Waals surface area contributed by atoms with E-state index in [9.17, 15) is 4.79 Å². The van der Waals surface area contributed by atoms with Gasteiger partial charge in [0.1, 0.15) is 5.82 Å². The summed E-state index contributed by atoms with van der Waals surface area (Å²) in [6.45, 7) is 1.75. The van der Waals surface area contributed by atoms with E-state index in [0.29, 0.717) is 23.8 Å². The fourth-order valence-electron chi connectivity index (χ4n) is 4.44. The van der Waals surface area contributed by atoms with Gasteiger partial charge in [-0.3, -0.25) is 9.89 Å². The number of amides is 1. The summed E-state index contributed by atoms with van der Waals surface area (Å²) in [5.41, 5.74) is 0. The third-order valence-electron chi connectivity index (χ3n) is 6.04. The van der Waals surface area contributed by atoms with Crippen LogP contribution in [0, 0.1) is 10.7 Å². The maximum Gasteiger partial charge on any atom is 0.222 e. The number of rotatable bonds is 4. The number of nitrogens with zero attached hydrogens (tertiary/aromatic N) is 3. The molecule has 3 aliphatic rings. The van der Waals surface area contributed by atoms with Crippen LogP contribution in [0.4, 0.5) is 0 Å². The number of likely N-dealkylation sites (tertiary alicyclic amines) is 1. The van der Waals surface area contributed by atoms with Gasteiger partial charge in [0.25, 0.3) is 0 Å². The van der Waals surface area contributed by atoms with Gasteiger partial charge in [-0.1, -0.05) is 19.3 Å². The summed E-state index contributed by atoms with van der Waals surface area (Å²) in [6, 6.07) is 0.567. The molecule has 1 aromatic heterocycles. The maximum absolute atomic E-state index is 12.6. The van der Waals surface area contributed by atoms with Crippen LogP contribution in [0.25, 0.3) is 0 Å². The van der Waals surface area contributed by atoms with Crippen LogP contribution in [-0.4, -0.2) is 38.7 Å². The van der Waals surface area contributed by atoms with Crippen LogP contribution in [0.2, 0.25) is 0 Å². The van der Waals surface area contributed by atoms with Crippen molar-refractivity contribution in [3.05, 3.63) is 10.6 Å². The summed E-state index contributed by atoms with van der Waals surface area (Å²) >= 11 is 5.39. The Hall–Kier alpha value is -1.17. The van der Waals surface area contributed by atoms with Gasteiger partial charge in [0.05, 0.1) is 0 Å². The molecule has 2 aliphatic carbocycles. The number of carbonyl (C=O) groups is 1. The van der Waals surface area contributed by atoms with Gasteiger partial charge in [0.2, 0.25) is 5.91 Å². The largest absolute Gasteiger partial charge is 0.343 e. The smallest absolute Gasteiger partial charge is 0.222 e. The molecule has 0 atom stereocenters. The zero-order chi connectivity index (χ0) is 16.5. The molecule has 1 aliphatic heterocycles. The SMILES string of the molecule is O=C(CC1CCCCC1)N1CCC(c2n[nH]c(=S)n2C2CC2)CC1. The Kier molecular flexibility index (Phi) is 4.74. The van der Waals surface area contributed by atoms with Crippen molar-refractivity contribution in [2.75, 3.05) is 13.1 Å². The van der Waals surface area contributed by atoms with Gasteiger partial charge in [0, 0.05) is 31.5 Å². The molecule has 0 aromatic carbocycles. The minimum atomic E-state index is 0.376. The molecule has 0 unspecified atom stereocenters. The second-order valence-corrected chi connectivity index (χ2v) is 8.24. The lowest BCUT2D eigenvalue weighted by Gasteiger charge is -2.33. The van der Waals surface area contributed by atoms with Gasteiger partial charge in [-0.15, -0.1) is 0 Å². The zero-order valence-electron chi connectivity index (χ0n) is 14.4. The van der Waals surface area contributed by atoms with Crippen LogP contribution >= 0.6 is 12.2 Å². The third kappa shape index (κ3) is 3.44. The van der Waals surface area contributed by atoms with Crippen LogP contribution in [0.3, 0.4) is 0 Å². The molecule has 2 saturated carbocycles. The average Bonchev–Trinajstić information content (AvgIpc) is 3.38. The van der Waals surface area contributed by atoms with Crippen LogP contribution in [0.1, 0.15) is 82.0 Å². The number of hydrogen-bond donors (Lipinski definition) is 1. The molecule has 0 bridgehead atoms. The molecule has 2 heterocycles. The lowest BCUT2D eigenvalue weighted by atomic mass is 9.86. The Morgan fingerprint density at radius 2 is 1.79 bits per heavy atom. The predicted octanol–water partition coefficient (Wildman–Crippen LogP) is 3.95. The van der Waals surface area contributed by atoms with E-state index in [-0.39, 0.29) is 0 Å². The number of aromatic nitrogens is 3. The highest BCUT2D eigenvalue weighted by atomic mass is 32.1. The summed E-state index contributed by atoms with van der Waals surface area (Å²) in [5, 5.41) is 7.49. The average molecular weight is 349 g/mol. The van der Waals surface area contributed by atoms with Crippen molar-refractivity contribution in [2.45, 2.75) is 76.2 Å². The zero-order valence-corrected chi connectivity index (χ0v) is 15.2. The van der Waals surface area contributed by atoms with Gasteiger partial charge < -0.3 is 9.47 Å². The van der Waals surface area contributed by atoms with E-state index in [1.54, 1.807) is 0 Å². The van der Waals surface area contributed by atoms with E-state index in [0.717, 1.165) is 42.9 Å². The lowest BCUT2D eigenvalue weighted by molar-refractivity contribution is -0.133. The molecule has 0 radical (unpaired) electrons. The number of nitrogens with one attached hydrogen (secondary N) is 1. The Morgan fingerprint density at radius 1 is 1.08 bits per heavy atom. The van der Waals surface area contributed by atoms with E-state index in [1.807, 2.05) is 0 Å². The van der Waals surface area contributed by atoms with Gasteiger partial charge in [-0.2, -0.15) is 5.10 Å². The molecule has 24 heavy (non-hydrogen) atoms. The Balaban J connectivity index is 1.33. The molecule has 5 nitrogen and oxygen atoms in total. The minimum Gasteiger partial charge on any atom is -0.343 e. The second kappa shape index (κ2) is 6.98. The number of hydrogen-bond acceptors (Lipinski definition) is 3. The Morgan fingerprint density at radius 3 is 2.46 bits per heavy atom. The van der Waals surface area contributed by atoms with Gasteiger partial charge in [0.15, 0.2) is 4.77 Å². The molecule has 6 heteroatoms. The summed E-state index contributed by atoms with van der Waals surface area (Å²) in [6.07, 6.45) is 11.7. The number of aromatic amines is 1. The first-order valence-corrected chi connectivity index (χ1v) is 10.1. The molecule has 1 aromatic rings. The van der Waals surface area contributed by atoms with Crippen molar-refractivity contribution in [3.63, 3.8) is 0 Å². The van der Waals surface area contributed by atoms with Crippen molar-refractivity contribution in [2.24, 2.45) is 5.92 Å². The van der Waals surface area contributed by atoms with Gasteiger partial charge in [-0.25, -0.2) is 0 Å². The van der Waals surface area contributed by atoms with Crippen LogP contribution < -0.4 is 0 Å². The monoisotopic (exact) mass is 348 g/mol. The van der Waals surface area contributed by atoms with Gasteiger partial charge >= 0.3 is 0 Å². The summed E-state index contributed by atoms with van der Waals surface area (Å²) in [5.74, 6) is 2.58. The topological polar surface area (TPSA) is 53.9 Å². The minimum absolute atomic E-state index is 0.376. The molecule has 1 amide bonds. The number of piperidine rings is 1. The highest BCUT2D eigenvalue weighted by molar-refractivity contribution is 7.71. The van der Waals surface area contributed by atoms with E-state index in [1.165, 1.54) is 44.9 Å². The lowest BCUT2D eigenvalue weighted by Crippen LogP contribution is -2.39. The third-order valence-corrected chi connectivity index (χ3v) is 6.33. The molecular formula is C18H28N4OS. The van der Waals surface area contributed by atoms with Crippen molar-refractivity contribution < 1.29 is 4.79 Å². The van der Waals surface area contributed by atoms with Crippen LogP contribution in [0.15, 0.2) is 0 Å².